The minimum absolute atomic E-state index is 0.167. The zero-order valence-electron chi connectivity index (χ0n) is 11.6. The lowest BCUT2D eigenvalue weighted by atomic mass is 10.1. The third kappa shape index (κ3) is 4.42. The molecule has 0 radical (unpaired) electrons. The van der Waals surface area contributed by atoms with Crippen molar-refractivity contribution in [2.24, 2.45) is 0 Å². The van der Waals surface area contributed by atoms with E-state index in [0.29, 0.717) is 23.9 Å². The normalized spacial score (nSPS) is 18.1. The Bertz CT molecular complexity index is 530. The summed E-state index contributed by atoms with van der Waals surface area (Å²) < 4.78 is 10.1. The Hall–Kier alpha value is -1.63. The number of esters is 1. The van der Waals surface area contributed by atoms with Crippen LogP contribution in [0.5, 0.6) is 0 Å². The van der Waals surface area contributed by atoms with Gasteiger partial charge in [0.1, 0.15) is 0 Å². The van der Waals surface area contributed by atoms with E-state index in [1.807, 2.05) is 0 Å². The molecule has 6 nitrogen and oxygen atoms in total. The number of hydrogen-bond acceptors (Lipinski definition) is 5. The number of benzene rings is 1. The second-order valence-electron chi connectivity index (χ2n) is 4.63. The van der Waals surface area contributed by atoms with E-state index in [1.54, 1.807) is 6.07 Å². The summed E-state index contributed by atoms with van der Waals surface area (Å²) in [5.41, 5.74) is 0.598. The molecule has 0 saturated carbocycles. The third-order valence-electron chi connectivity index (χ3n) is 3.08. The van der Waals surface area contributed by atoms with E-state index in [1.165, 1.54) is 19.2 Å². The molecule has 1 heterocycles. The molecule has 1 unspecified atom stereocenters. The lowest BCUT2D eigenvalue weighted by Gasteiger charge is -2.23. The lowest BCUT2D eigenvalue weighted by molar-refractivity contribution is -0.119. The van der Waals surface area contributed by atoms with Crippen LogP contribution in [-0.4, -0.2) is 44.8 Å². The Morgan fingerprint density at radius 2 is 2.33 bits per heavy atom. The van der Waals surface area contributed by atoms with Gasteiger partial charge in [0.2, 0.25) is 5.91 Å². The van der Waals surface area contributed by atoms with Crippen LogP contribution in [0.25, 0.3) is 0 Å². The van der Waals surface area contributed by atoms with E-state index >= 15 is 0 Å². The molecule has 0 bridgehead atoms. The summed E-state index contributed by atoms with van der Waals surface area (Å²) in [6.45, 7) is 2.01. The Morgan fingerprint density at radius 1 is 1.52 bits per heavy atom. The average Bonchev–Trinajstić information content (AvgIpc) is 2.47. The number of carbonyl (C=O) groups is 2. The SMILES string of the molecule is COC(=O)c1ccc(Cl)cc1NC(=O)CC1CNCCO1. The van der Waals surface area contributed by atoms with Crippen LogP contribution in [0.15, 0.2) is 18.2 Å². The maximum Gasteiger partial charge on any atom is 0.339 e. The summed E-state index contributed by atoms with van der Waals surface area (Å²) >= 11 is 5.90. The number of rotatable bonds is 4. The second-order valence-corrected chi connectivity index (χ2v) is 5.07. The van der Waals surface area contributed by atoms with Crippen molar-refractivity contribution in [1.29, 1.82) is 0 Å². The lowest BCUT2D eigenvalue weighted by Crippen LogP contribution is -2.40. The van der Waals surface area contributed by atoms with Crippen LogP contribution in [0.3, 0.4) is 0 Å². The number of methoxy groups -OCH3 is 1. The van der Waals surface area contributed by atoms with Gasteiger partial charge in [-0.05, 0) is 18.2 Å². The highest BCUT2D eigenvalue weighted by atomic mass is 35.5. The first kappa shape index (κ1) is 15.8. The van der Waals surface area contributed by atoms with Crippen molar-refractivity contribution in [1.82, 2.24) is 5.32 Å². The predicted molar refractivity (Wildman–Crippen MR) is 78.6 cm³/mol. The van der Waals surface area contributed by atoms with Gasteiger partial charge in [0.25, 0.3) is 0 Å². The standard InChI is InChI=1S/C14H17ClN2O4/c1-20-14(19)11-3-2-9(15)6-12(11)17-13(18)7-10-8-16-4-5-21-10/h2-3,6,10,16H,4-5,7-8H2,1H3,(H,17,18). The van der Waals surface area contributed by atoms with Crippen LogP contribution in [0.2, 0.25) is 5.02 Å². The Kier molecular flexibility index (Phi) is 5.55. The predicted octanol–water partition coefficient (Wildman–Crippen LogP) is 1.44. The van der Waals surface area contributed by atoms with E-state index in [4.69, 9.17) is 16.3 Å². The molecule has 0 aromatic heterocycles. The number of amides is 1. The highest BCUT2D eigenvalue weighted by molar-refractivity contribution is 6.31. The fourth-order valence-electron chi connectivity index (χ4n) is 2.07. The largest absolute Gasteiger partial charge is 0.465 e. The van der Waals surface area contributed by atoms with Gasteiger partial charge in [0.15, 0.2) is 0 Å². The number of hydrogen-bond donors (Lipinski definition) is 2. The Labute approximate surface area is 127 Å². The van der Waals surface area contributed by atoms with Crippen molar-refractivity contribution in [3.63, 3.8) is 0 Å². The molecule has 0 spiro atoms. The Morgan fingerprint density at radius 3 is 3.00 bits per heavy atom. The second kappa shape index (κ2) is 7.40. The van der Waals surface area contributed by atoms with Gasteiger partial charge < -0.3 is 20.1 Å². The van der Waals surface area contributed by atoms with E-state index in [-0.39, 0.29) is 24.0 Å². The van der Waals surface area contributed by atoms with Gasteiger partial charge in [-0.2, -0.15) is 0 Å². The molecule has 1 aliphatic rings. The maximum absolute atomic E-state index is 12.0. The summed E-state index contributed by atoms with van der Waals surface area (Å²) in [6.07, 6.45) is 0.0413. The number of carbonyl (C=O) groups excluding carboxylic acids is 2. The molecule has 1 aliphatic heterocycles. The van der Waals surface area contributed by atoms with E-state index < -0.39 is 5.97 Å². The van der Waals surface area contributed by atoms with Crippen LogP contribution in [-0.2, 0) is 14.3 Å². The molecular formula is C14H17ClN2O4. The topological polar surface area (TPSA) is 76.7 Å². The van der Waals surface area contributed by atoms with Crippen LogP contribution in [0.4, 0.5) is 5.69 Å². The van der Waals surface area contributed by atoms with Crippen LogP contribution in [0.1, 0.15) is 16.8 Å². The molecule has 21 heavy (non-hydrogen) atoms. The fourth-order valence-corrected chi connectivity index (χ4v) is 2.24. The fraction of sp³-hybridized carbons (Fsp3) is 0.429. The first-order valence-corrected chi connectivity index (χ1v) is 6.98. The number of halogens is 1. The monoisotopic (exact) mass is 312 g/mol. The molecule has 7 heteroatoms. The molecular weight excluding hydrogens is 296 g/mol. The molecule has 1 fully saturated rings. The molecule has 2 N–H and O–H groups in total. The quantitative estimate of drug-likeness (QED) is 0.823. The molecule has 1 aromatic carbocycles. The number of nitrogens with one attached hydrogen (secondary N) is 2. The molecule has 1 amide bonds. The number of anilines is 1. The minimum Gasteiger partial charge on any atom is -0.465 e. The van der Waals surface area contributed by atoms with Crippen LogP contribution in [0, 0.1) is 0 Å². The van der Waals surface area contributed by atoms with Crippen molar-refractivity contribution < 1.29 is 19.1 Å². The Balaban J connectivity index is 2.05. The zero-order valence-corrected chi connectivity index (χ0v) is 12.4. The summed E-state index contributed by atoms with van der Waals surface area (Å²) in [5.74, 6) is -0.770. The van der Waals surface area contributed by atoms with Gasteiger partial charge >= 0.3 is 5.97 Å². The van der Waals surface area contributed by atoms with Crippen molar-refractivity contribution in [3.8, 4) is 0 Å². The first-order valence-electron chi connectivity index (χ1n) is 6.60. The van der Waals surface area contributed by atoms with E-state index in [0.717, 1.165) is 6.54 Å². The highest BCUT2D eigenvalue weighted by Crippen LogP contribution is 2.22. The van der Waals surface area contributed by atoms with Crippen LogP contribution < -0.4 is 10.6 Å². The van der Waals surface area contributed by atoms with Crippen molar-refractivity contribution >= 4 is 29.2 Å². The van der Waals surface area contributed by atoms with Crippen molar-refractivity contribution in [2.45, 2.75) is 12.5 Å². The average molecular weight is 313 g/mol. The summed E-state index contributed by atoms with van der Waals surface area (Å²) in [6, 6.07) is 4.60. The van der Waals surface area contributed by atoms with Gasteiger partial charge in [0, 0.05) is 18.1 Å². The molecule has 0 aliphatic carbocycles. The molecule has 114 valence electrons. The summed E-state index contributed by atoms with van der Waals surface area (Å²) in [7, 11) is 1.28. The molecule has 1 atom stereocenters. The van der Waals surface area contributed by atoms with Crippen molar-refractivity contribution in [3.05, 3.63) is 28.8 Å². The smallest absolute Gasteiger partial charge is 0.339 e. The van der Waals surface area contributed by atoms with Gasteiger partial charge in [-0.15, -0.1) is 0 Å². The minimum atomic E-state index is -0.530. The maximum atomic E-state index is 12.0. The molecule has 2 rings (SSSR count). The van der Waals surface area contributed by atoms with Gasteiger partial charge in [0.05, 0.1) is 37.5 Å². The summed E-state index contributed by atoms with van der Waals surface area (Å²) in [4.78, 5) is 23.7. The van der Waals surface area contributed by atoms with Gasteiger partial charge in [-0.1, -0.05) is 11.6 Å². The first-order chi connectivity index (χ1) is 10.1. The number of ether oxygens (including phenoxy) is 2. The van der Waals surface area contributed by atoms with Gasteiger partial charge in [-0.25, -0.2) is 4.79 Å². The summed E-state index contributed by atoms with van der Waals surface area (Å²) in [5, 5.41) is 6.26. The molecule has 1 aromatic rings. The van der Waals surface area contributed by atoms with Gasteiger partial charge in [-0.3, -0.25) is 4.79 Å². The van der Waals surface area contributed by atoms with E-state index in [9.17, 15) is 9.59 Å². The number of morpholine rings is 1. The highest BCUT2D eigenvalue weighted by Gasteiger charge is 2.19. The molecule has 1 saturated heterocycles. The third-order valence-corrected chi connectivity index (χ3v) is 3.31. The zero-order chi connectivity index (χ0) is 15.2. The van der Waals surface area contributed by atoms with Crippen LogP contribution >= 0.6 is 11.6 Å². The van der Waals surface area contributed by atoms with Crippen molar-refractivity contribution in [2.75, 3.05) is 32.1 Å². The van der Waals surface area contributed by atoms with E-state index in [2.05, 4.69) is 15.4 Å².